The van der Waals surface area contributed by atoms with Crippen LogP contribution in [0.3, 0.4) is 0 Å². The average Bonchev–Trinajstić information content (AvgIpc) is 3.51. The van der Waals surface area contributed by atoms with Crippen molar-refractivity contribution in [3.05, 3.63) is 61.9 Å². The average molecular weight is 481 g/mol. The van der Waals surface area contributed by atoms with E-state index in [0.717, 1.165) is 15.7 Å². The summed E-state index contributed by atoms with van der Waals surface area (Å²) in [6.45, 7) is 2.06. The van der Waals surface area contributed by atoms with Crippen LogP contribution in [-0.2, 0) is 30.2 Å². The first-order valence-corrected chi connectivity index (χ1v) is 11.8. The maximum atomic E-state index is 13.0. The Labute approximate surface area is 198 Å². The van der Waals surface area contributed by atoms with Crippen LogP contribution in [0.1, 0.15) is 0 Å². The number of nitrogens with one attached hydrogen (secondary N) is 1. The van der Waals surface area contributed by atoms with Crippen molar-refractivity contribution in [2.45, 2.75) is 6.54 Å². The Bertz CT molecular complexity index is 1460. The smallest absolute Gasteiger partial charge is 0.332 e. The SMILES string of the molecule is Cn1c(=O)c2c(nc(N3CCOCC3)n2CC(=O)Nc2ccc(-c3ccsc3)cc2)n(C)c1=O. The molecule has 0 saturated carbocycles. The highest BCUT2D eigenvalue weighted by Gasteiger charge is 2.25. The standard InChI is InChI=1S/C23H24N6O4S/c1-26-20-19(21(31)27(2)23(26)32)29(22(25-20)28-8-10-33-11-9-28)13-18(30)24-17-5-3-15(4-6-17)16-7-12-34-14-16/h3-7,12,14H,8-11,13H2,1-2H3,(H,24,30). The summed E-state index contributed by atoms with van der Waals surface area (Å²) >= 11 is 1.63. The van der Waals surface area contributed by atoms with Crippen molar-refractivity contribution in [2.24, 2.45) is 14.1 Å². The van der Waals surface area contributed by atoms with E-state index >= 15 is 0 Å². The monoisotopic (exact) mass is 480 g/mol. The van der Waals surface area contributed by atoms with Gasteiger partial charge >= 0.3 is 5.69 Å². The predicted octanol–water partition coefficient (Wildman–Crippen LogP) is 1.64. The number of nitrogens with zero attached hydrogens (tertiary/aromatic N) is 5. The number of carbonyl (C=O) groups is 1. The summed E-state index contributed by atoms with van der Waals surface area (Å²) in [4.78, 5) is 45.1. The van der Waals surface area contributed by atoms with Gasteiger partial charge in [-0.25, -0.2) is 4.79 Å². The normalized spacial score (nSPS) is 14.0. The minimum Gasteiger partial charge on any atom is -0.378 e. The number of thiophene rings is 1. The Balaban J connectivity index is 1.48. The summed E-state index contributed by atoms with van der Waals surface area (Å²) in [6, 6.07) is 9.65. The van der Waals surface area contributed by atoms with Gasteiger partial charge in [0.15, 0.2) is 11.2 Å². The Kier molecular flexibility index (Phi) is 5.80. The van der Waals surface area contributed by atoms with Crippen LogP contribution in [0.4, 0.5) is 11.6 Å². The molecule has 1 N–H and O–H groups in total. The fraction of sp³-hybridized carbons (Fsp3) is 0.304. The molecule has 10 nitrogen and oxygen atoms in total. The molecule has 176 valence electrons. The van der Waals surface area contributed by atoms with Gasteiger partial charge in [-0.1, -0.05) is 12.1 Å². The van der Waals surface area contributed by atoms with Crippen molar-refractivity contribution in [1.82, 2.24) is 18.7 Å². The fourth-order valence-electron chi connectivity index (χ4n) is 4.11. The van der Waals surface area contributed by atoms with Crippen LogP contribution in [0.5, 0.6) is 0 Å². The molecule has 0 bridgehead atoms. The maximum absolute atomic E-state index is 13.0. The fourth-order valence-corrected chi connectivity index (χ4v) is 4.77. The summed E-state index contributed by atoms with van der Waals surface area (Å²) in [5.41, 5.74) is 2.37. The molecule has 0 unspecified atom stereocenters. The van der Waals surface area contributed by atoms with E-state index in [-0.39, 0.29) is 23.6 Å². The Hall–Kier alpha value is -3.70. The van der Waals surface area contributed by atoms with E-state index in [9.17, 15) is 14.4 Å². The van der Waals surface area contributed by atoms with E-state index in [1.54, 1.807) is 23.0 Å². The molecule has 0 aliphatic carbocycles. The predicted molar refractivity (Wildman–Crippen MR) is 132 cm³/mol. The van der Waals surface area contributed by atoms with Gasteiger partial charge in [0.25, 0.3) is 5.56 Å². The van der Waals surface area contributed by atoms with E-state index in [1.165, 1.54) is 11.6 Å². The second-order valence-electron chi connectivity index (χ2n) is 8.11. The molecule has 5 rings (SSSR count). The van der Waals surface area contributed by atoms with Crippen molar-refractivity contribution >= 4 is 40.0 Å². The number of aromatic nitrogens is 4. The number of hydrogen-bond acceptors (Lipinski definition) is 7. The van der Waals surface area contributed by atoms with Gasteiger partial charge in [-0.3, -0.25) is 23.3 Å². The molecule has 3 aromatic heterocycles. The van der Waals surface area contributed by atoms with E-state index in [2.05, 4.69) is 15.7 Å². The third kappa shape index (κ3) is 3.93. The second-order valence-corrected chi connectivity index (χ2v) is 8.89. The van der Waals surface area contributed by atoms with Gasteiger partial charge in [-0.2, -0.15) is 16.3 Å². The minimum absolute atomic E-state index is 0.122. The molecule has 34 heavy (non-hydrogen) atoms. The molecule has 0 atom stereocenters. The summed E-state index contributed by atoms with van der Waals surface area (Å²) in [5, 5.41) is 6.99. The zero-order valence-corrected chi connectivity index (χ0v) is 19.7. The van der Waals surface area contributed by atoms with Gasteiger partial charge < -0.3 is 15.0 Å². The Morgan fingerprint density at radius 3 is 2.47 bits per heavy atom. The van der Waals surface area contributed by atoms with Gasteiger partial charge in [0.1, 0.15) is 6.54 Å². The highest BCUT2D eigenvalue weighted by molar-refractivity contribution is 7.08. The van der Waals surface area contributed by atoms with Gasteiger partial charge in [0.05, 0.1) is 13.2 Å². The highest BCUT2D eigenvalue weighted by atomic mass is 32.1. The molecular weight excluding hydrogens is 456 g/mol. The number of imidazole rings is 1. The Morgan fingerprint density at radius 1 is 1.06 bits per heavy atom. The first-order chi connectivity index (χ1) is 16.4. The third-order valence-electron chi connectivity index (χ3n) is 5.95. The molecule has 1 saturated heterocycles. The van der Waals surface area contributed by atoms with Gasteiger partial charge in [0.2, 0.25) is 11.9 Å². The largest absolute Gasteiger partial charge is 0.378 e. The van der Waals surface area contributed by atoms with Crippen molar-refractivity contribution in [3.8, 4) is 11.1 Å². The van der Waals surface area contributed by atoms with Crippen LogP contribution < -0.4 is 21.5 Å². The minimum atomic E-state index is -0.488. The lowest BCUT2D eigenvalue weighted by atomic mass is 10.1. The van der Waals surface area contributed by atoms with Crippen LogP contribution >= 0.6 is 11.3 Å². The number of ether oxygens (including phenoxy) is 1. The quantitative estimate of drug-likeness (QED) is 0.466. The van der Waals surface area contributed by atoms with Crippen LogP contribution in [0, 0.1) is 0 Å². The topological polar surface area (TPSA) is 103 Å². The molecule has 0 spiro atoms. The summed E-state index contributed by atoms with van der Waals surface area (Å²) in [7, 11) is 2.99. The first-order valence-electron chi connectivity index (χ1n) is 10.9. The summed E-state index contributed by atoms with van der Waals surface area (Å²) in [5.74, 6) is 0.174. The number of amides is 1. The van der Waals surface area contributed by atoms with Gasteiger partial charge in [0, 0.05) is 32.9 Å². The third-order valence-corrected chi connectivity index (χ3v) is 6.63. The molecule has 0 radical (unpaired) electrons. The number of benzene rings is 1. The van der Waals surface area contributed by atoms with E-state index in [1.807, 2.05) is 40.6 Å². The van der Waals surface area contributed by atoms with E-state index in [0.29, 0.717) is 37.9 Å². The molecule has 1 aromatic carbocycles. The number of fused-ring (bicyclic) bond motifs is 1. The zero-order chi connectivity index (χ0) is 23.8. The summed E-state index contributed by atoms with van der Waals surface area (Å²) < 4.78 is 9.40. The van der Waals surface area contributed by atoms with Gasteiger partial charge in [-0.15, -0.1) is 0 Å². The molecule has 4 aromatic rings. The van der Waals surface area contributed by atoms with Crippen molar-refractivity contribution in [1.29, 1.82) is 0 Å². The van der Waals surface area contributed by atoms with Crippen molar-refractivity contribution < 1.29 is 9.53 Å². The zero-order valence-electron chi connectivity index (χ0n) is 18.9. The lowest BCUT2D eigenvalue weighted by Gasteiger charge is -2.28. The number of carbonyl (C=O) groups excluding carboxylic acids is 1. The van der Waals surface area contributed by atoms with Crippen molar-refractivity contribution in [2.75, 3.05) is 36.5 Å². The molecular formula is C23H24N6O4S. The molecule has 4 heterocycles. The van der Waals surface area contributed by atoms with Crippen molar-refractivity contribution in [3.63, 3.8) is 0 Å². The van der Waals surface area contributed by atoms with Gasteiger partial charge in [-0.05, 0) is 40.1 Å². The second kappa shape index (κ2) is 8.92. The molecule has 1 amide bonds. The van der Waals surface area contributed by atoms with Crippen LogP contribution in [0.15, 0.2) is 50.7 Å². The van der Waals surface area contributed by atoms with E-state index < -0.39 is 11.2 Å². The Morgan fingerprint density at radius 2 is 1.79 bits per heavy atom. The first kappa shape index (κ1) is 22.1. The number of aryl methyl sites for hydroxylation is 1. The van der Waals surface area contributed by atoms with Crippen LogP contribution in [0.2, 0.25) is 0 Å². The van der Waals surface area contributed by atoms with Crippen LogP contribution in [0.25, 0.3) is 22.3 Å². The molecule has 1 aliphatic rings. The summed E-state index contributed by atoms with van der Waals surface area (Å²) in [6.07, 6.45) is 0. The number of anilines is 2. The van der Waals surface area contributed by atoms with Crippen LogP contribution in [-0.4, -0.2) is 50.9 Å². The number of rotatable bonds is 5. The lowest BCUT2D eigenvalue weighted by Crippen LogP contribution is -2.39. The maximum Gasteiger partial charge on any atom is 0.332 e. The highest BCUT2D eigenvalue weighted by Crippen LogP contribution is 2.24. The number of morpholine rings is 1. The molecule has 1 aliphatic heterocycles. The molecule has 11 heteroatoms. The number of hydrogen-bond donors (Lipinski definition) is 1. The lowest BCUT2D eigenvalue weighted by molar-refractivity contribution is -0.116. The molecule has 1 fully saturated rings. The van der Waals surface area contributed by atoms with E-state index in [4.69, 9.17) is 4.74 Å².